The van der Waals surface area contributed by atoms with Gasteiger partial charge in [0.15, 0.2) is 0 Å². The van der Waals surface area contributed by atoms with Crippen LogP contribution in [0.3, 0.4) is 0 Å². The number of rotatable bonds is 5. The summed E-state index contributed by atoms with van der Waals surface area (Å²) in [6, 6.07) is 5.56. The minimum Gasteiger partial charge on any atom is -0.373 e. The van der Waals surface area contributed by atoms with E-state index in [1.54, 1.807) is 6.20 Å². The minimum absolute atomic E-state index is 0.0157. The highest BCUT2D eigenvalue weighted by atomic mass is 35.5. The van der Waals surface area contributed by atoms with Crippen LogP contribution in [0, 0.1) is 10.1 Å². The summed E-state index contributed by atoms with van der Waals surface area (Å²) in [4.78, 5) is 27.0. The summed E-state index contributed by atoms with van der Waals surface area (Å²) < 4.78 is 6.88. The molecule has 1 aromatic carbocycles. The number of likely N-dealkylation sites (N-methyl/N-ethyl adjacent to an activating group) is 1. The predicted octanol–water partition coefficient (Wildman–Crippen LogP) is 1.56. The number of nitro groups is 1. The molecule has 2 aromatic rings. The van der Waals surface area contributed by atoms with E-state index in [-0.39, 0.29) is 16.8 Å². The van der Waals surface area contributed by atoms with Crippen LogP contribution in [-0.4, -0.2) is 66.0 Å². The summed E-state index contributed by atoms with van der Waals surface area (Å²) in [7, 11) is 3.95. The van der Waals surface area contributed by atoms with Crippen molar-refractivity contribution in [1.82, 2.24) is 14.7 Å². The van der Waals surface area contributed by atoms with Gasteiger partial charge in [0, 0.05) is 31.8 Å². The van der Waals surface area contributed by atoms with Crippen LogP contribution in [0.1, 0.15) is 0 Å². The topological polar surface area (TPSA) is 93.7 Å². The van der Waals surface area contributed by atoms with Crippen molar-refractivity contribution in [2.75, 3.05) is 45.2 Å². The second kappa shape index (κ2) is 8.03. The van der Waals surface area contributed by atoms with Crippen LogP contribution in [-0.2, 0) is 4.74 Å². The van der Waals surface area contributed by atoms with Gasteiger partial charge in [-0.25, -0.2) is 0 Å². The van der Waals surface area contributed by atoms with Crippen molar-refractivity contribution in [2.24, 2.45) is 0 Å². The second-order valence-corrected chi connectivity index (χ2v) is 6.91. The SMILES string of the molecule is CN(C)CC1CN(c2cnn(-c3ccc([N+](=O)[O-])cc3)c(=O)c2Cl)CCO1. The molecule has 10 heteroatoms. The van der Waals surface area contributed by atoms with E-state index in [1.165, 1.54) is 24.3 Å². The van der Waals surface area contributed by atoms with Crippen LogP contribution >= 0.6 is 11.6 Å². The molecule has 9 nitrogen and oxygen atoms in total. The van der Waals surface area contributed by atoms with Gasteiger partial charge in [0.1, 0.15) is 5.02 Å². The van der Waals surface area contributed by atoms with Gasteiger partial charge in [0.25, 0.3) is 11.2 Å². The van der Waals surface area contributed by atoms with Crippen molar-refractivity contribution in [3.8, 4) is 5.69 Å². The van der Waals surface area contributed by atoms with E-state index in [9.17, 15) is 14.9 Å². The molecule has 2 heterocycles. The zero-order chi connectivity index (χ0) is 19.6. The maximum absolute atomic E-state index is 12.7. The number of ether oxygens (including phenoxy) is 1. The first-order valence-corrected chi connectivity index (χ1v) is 8.78. The molecule has 27 heavy (non-hydrogen) atoms. The lowest BCUT2D eigenvalue weighted by molar-refractivity contribution is -0.384. The standard InChI is InChI=1S/C17H20ClN5O4/c1-20(2)10-14-11-21(7-8-27-14)15-9-19-22(17(24)16(15)18)12-3-5-13(6-4-12)23(25)26/h3-6,9,14H,7-8,10-11H2,1-2H3. The van der Waals surface area contributed by atoms with Crippen molar-refractivity contribution in [3.05, 3.63) is 56.0 Å². The Bertz CT molecular complexity index is 884. The molecule has 1 fully saturated rings. The number of hydrogen-bond acceptors (Lipinski definition) is 7. The summed E-state index contributed by atoms with van der Waals surface area (Å²) in [6.45, 7) is 2.54. The van der Waals surface area contributed by atoms with Crippen LogP contribution in [0.4, 0.5) is 11.4 Å². The monoisotopic (exact) mass is 393 g/mol. The van der Waals surface area contributed by atoms with Crippen molar-refractivity contribution < 1.29 is 9.66 Å². The Kier molecular flexibility index (Phi) is 5.73. The van der Waals surface area contributed by atoms with Crippen LogP contribution in [0.15, 0.2) is 35.3 Å². The Hall–Kier alpha value is -2.49. The number of nitro benzene ring substituents is 1. The molecule has 0 aliphatic carbocycles. The first-order valence-electron chi connectivity index (χ1n) is 8.40. The maximum atomic E-state index is 12.7. The summed E-state index contributed by atoms with van der Waals surface area (Å²) in [5.41, 5.74) is 0.437. The lowest BCUT2D eigenvalue weighted by Gasteiger charge is -2.35. The molecule has 0 saturated carbocycles. The fraction of sp³-hybridized carbons (Fsp3) is 0.412. The molecule has 0 spiro atoms. The Morgan fingerprint density at radius 1 is 1.37 bits per heavy atom. The fourth-order valence-corrected chi connectivity index (χ4v) is 3.25. The summed E-state index contributed by atoms with van der Waals surface area (Å²) >= 11 is 6.34. The molecule has 1 aliphatic heterocycles. The fourth-order valence-electron chi connectivity index (χ4n) is 3.00. The van der Waals surface area contributed by atoms with Gasteiger partial charge in [-0.1, -0.05) is 11.6 Å². The van der Waals surface area contributed by atoms with Crippen LogP contribution < -0.4 is 10.5 Å². The van der Waals surface area contributed by atoms with Crippen LogP contribution in [0.5, 0.6) is 0 Å². The van der Waals surface area contributed by atoms with Gasteiger partial charge in [-0.3, -0.25) is 14.9 Å². The summed E-state index contributed by atoms with van der Waals surface area (Å²) in [5.74, 6) is 0. The molecular formula is C17H20ClN5O4. The van der Waals surface area contributed by atoms with E-state index < -0.39 is 10.5 Å². The average molecular weight is 394 g/mol. The molecule has 144 valence electrons. The Balaban J connectivity index is 1.87. The number of morpholine rings is 1. The van der Waals surface area contributed by atoms with Gasteiger partial charge in [0.05, 0.1) is 35.2 Å². The number of halogens is 1. The molecule has 1 unspecified atom stereocenters. The number of hydrogen-bond donors (Lipinski definition) is 0. The maximum Gasteiger partial charge on any atom is 0.292 e. The van der Waals surface area contributed by atoms with Gasteiger partial charge < -0.3 is 14.5 Å². The van der Waals surface area contributed by atoms with Gasteiger partial charge in [0.2, 0.25) is 0 Å². The largest absolute Gasteiger partial charge is 0.373 e. The predicted molar refractivity (Wildman–Crippen MR) is 102 cm³/mol. The lowest BCUT2D eigenvalue weighted by Crippen LogP contribution is -2.47. The van der Waals surface area contributed by atoms with E-state index in [2.05, 4.69) is 5.10 Å². The first-order chi connectivity index (χ1) is 12.9. The van der Waals surface area contributed by atoms with Gasteiger partial charge in [-0.2, -0.15) is 9.78 Å². The third-order valence-corrected chi connectivity index (χ3v) is 4.61. The van der Waals surface area contributed by atoms with Crippen molar-refractivity contribution in [1.29, 1.82) is 0 Å². The van der Waals surface area contributed by atoms with Gasteiger partial charge in [-0.15, -0.1) is 0 Å². The third-order valence-electron chi connectivity index (χ3n) is 4.25. The smallest absolute Gasteiger partial charge is 0.292 e. The molecule has 1 aliphatic rings. The molecule has 1 atom stereocenters. The van der Waals surface area contributed by atoms with E-state index in [0.29, 0.717) is 31.1 Å². The van der Waals surface area contributed by atoms with E-state index in [0.717, 1.165) is 11.2 Å². The summed E-state index contributed by atoms with van der Waals surface area (Å²) in [5, 5.41) is 15.0. The molecule has 0 bridgehead atoms. The molecule has 1 aromatic heterocycles. The Morgan fingerprint density at radius 2 is 2.07 bits per heavy atom. The Labute approximate surface area is 160 Å². The Morgan fingerprint density at radius 3 is 2.70 bits per heavy atom. The number of aromatic nitrogens is 2. The highest BCUT2D eigenvalue weighted by Gasteiger charge is 2.24. The quantitative estimate of drug-likeness (QED) is 0.562. The minimum atomic E-state index is -0.501. The lowest BCUT2D eigenvalue weighted by atomic mass is 10.2. The van der Waals surface area contributed by atoms with Crippen LogP contribution in [0.25, 0.3) is 5.69 Å². The average Bonchev–Trinajstić information content (AvgIpc) is 2.63. The third kappa shape index (κ3) is 4.26. The second-order valence-electron chi connectivity index (χ2n) is 6.54. The highest BCUT2D eigenvalue weighted by Crippen LogP contribution is 2.24. The van der Waals surface area contributed by atoms with Gasteiger partial charge in [-0.05, 0) is 26.2 Å². The zero-order valence-corrected chi connectivity index (χ0v) is 15.8. The first kappa shape index (κ1) is 19.3. The summed E-state index contributed by atoms with van der Waals surface area (Å²) in [6.07, 6.45) is 1.56. The number of anilines is 1. The van der Waals surface area contributed by atoms with Crippen molar-refractivity contribution in [2.45, 2.75) is 6.10 Å². The number of non-ortho nitro benzene ring substituents is 1. The molecule has 0 N–H and O–H groups in total. The van der Waals surface area contributed by atoms with Crippen LogP contribution in [0.2, 0.25) is 5.02 Å². The van der Waals surface area contributed by atoms with E-state index >= 15 is 0 Å². The molecule has 3 rings (SSSR count). The van der Waals surface area contributed by atoms with Gasteiger partial charge >= 0.3 is 0 Å². The molecular weight excluding hydrogens is 374 g/mol. The van der Waals surface area contributed by atoms with E-state index in [4.69, 9.17) is 16.3 Å². The number of benzene rings is 1. The normalized spacial score (nSPS) is 17.3. The molecule has 1 saturated heterocycles. The zero-order valence-electron chi connectivity index (χ0n) is 15.0. The van der Waals surface area contributed by atoms with Crippen molar-refractivity contribution in [3.63, 3.8) is 0 Å². The molecule has 0 amide bonds. The highest BCUT2D eigenvalue weighted by molar-refractivity contribution is 6.33. The molecule has 0 radical (unpaired) electrons. The number of nitrogens with zero attached hydrogens (tertiary/aromatic N) is 5. The van der Waals surface area contributed by atoms with E-state index in [1.807, 2.05) is 23.9 Å². The van der Waals surface area contributed by atoms with Crippen molar-refractivity contribution >= 4 is 23.0 Å².